The van der Waals surface area contributed by atoms with Crippen molar-refractivity contribution in [2.24, 2.45) is 0 Å². The predicted molar refractivity (Wildman–Crippen MR) is 87.6 cm³/mol. The molecule has 1 N–H and O–H groups in total. The number of benzene rings is 2. The fourth-order valence-electron chi connectivity index (χ4n) is 2.08. The molecule has 2 aromatic carbocycles. The van der Waals surface area contributed by atoms with Crippen LogP contribution in [0.2, 0.25) is 5.02 Å². The molecule has 0 fully saturated rings. The van der Waals surface area contributed by atoms with Gasteiger partial charge in [0.25, 0.3) is 0 Å². The SMILES string of the molecule is CCCN(Cc1ccccc1)C(=O)Nc1ccccc1Cl. The van der Waals surface area contributed by atoms with E-state index in [0.29, 0.717) is 23.8 Å². The lowest BCUT2D eigenvalue weighted by molar-refractivity contribution is 0.209. The van der Waals surface area contributed by atoms with Gasteiger partial charge in [0.2, 0.25) is 0 Å². The lowest BCUT2D eigenvalue weighted by Crippen LogP contribution is -2.35. The van der Waals surface area contributed by atoms with Crippen LogP contribution in [0.4, 0.5) is 10.5 Å². The average molecular weight is 303 g/mol. The summed E-state index contributed by atoms with van der Waals surface area (Å²) in [5.41, 5.74) is 1.75. The Bertz CT molecular complexity index is 586. The summed E-state index contributed by atoms with van der Waals surface area (Å²) in [5.74, 6) is 0. The number of amides is 2. The minimum atomic E-state index is -0.131. The van der Waals surface area contributed by atoms with Crippen LogP contribution in [0.1, 0.15) is 18.9 Å². The van der Waals surface area contributed by atoms with Gasteiger partial charge in [-0.2, -0.15) is 0 Å². The molecule has 0 heterocycles. The molecular weight excluding hydrogens is 284 g/mol. The smallest absolute Gasteiger partial charge is 0.320 e. The number of nitrogens with one attached hydrogen (secondary N) is 1. The Morgan fingerprint density at radius 3 is 2.43 bits per heavy atom. The minimum Gasteiger partial charge on any atom is -0.320 e. The van der Waals surface area contributed by atoms with Crippen LogP contribution in [0.3, 0.4) is 0 Å². The van der Waals surface area contributed by atoms with Crippen molar-refractivity contribution in [3.63, 3.8) is 0 Å². The van der Waals surface area contributed by atoms with Crippen LogP contribution in [0.5, 0.6) is 0 Å². The van der Waals surface area contributed by atoms with Gasteiger partial charge in [-0.15, -0.1) is 0 Å². The number of carbonyl (C=O) groups is 1. The van der Waals surface area contributed by atoms with Crippen molar-refractivity contribution >= 4 is 23.3 Å². The largest absolute Gasteiger partial charge is 0.322 e. The molecule has 0 bridgehead atoms. The van der Waals surface area contributed by atoms with Crippen molar-refractivity contribution < 1.29 is 4.79 Å². The molecule has 0 unspecified atom stereocenters. The van der Waals surface area contributed by atoms with E-state index in [1.807, 2.05) is 42.5 Å². The molecule has 0 saturated heterocycles. The molecule has 0 aliphatic rings. The van der Waals surface area contributed by atoms with Crippen molar-refractivity contribution in [1.29, 1.82) is 0 Å². The summed E-state index contributed by atoms with van der Waals surface area (Å²) in [4.78, 5) is 14.2. The number of para-hydroxylation sites is 1. The third-order valence-corrected chi connectivity index (χ3v) is 3.44. The van der Waals surface area contributed by atoms with E-state index in [1.54, 1.807) is 17.0 Å². The van der Waals surface area contributed by atoms with Gasteiger partial charge in [-0.1, -0.05) is 61.0 Å². The summed E-state index contributed by atoms with van der Waals surface area (Å²) in [7, 11) is 0. The molecule has 0 atom stereocenters. The van der Waals surface area contributed by atoms with Gasteiger partial charge in [-0.05, 0) is 24.1 Å². The zero-order chi connectivity index (χ0) is 15.1. The Morgan fingerprint density at radius 1 is 1.10 bits per heavy atom. The first-order chi connectivity index (χ1) is 10.2. The van der Waals surface area contributed by atoms with Crippen molar-refractivity contribution in [3.05, 3.63) is 65.2 Å². The quantitative estimate of drug-likeness (QED) is 0.846. The fraction of sp³-hybridized carbons (Fsp3) is 0.235. The highest BCUT2D eigenvalue weighted by atomic mass is 35.5. The van der Waals surface area contributed by atoms with Gasteiger partial charge < -0.3 is 10.2 Å². The third-order valence-electron chi connectivity index (χ3n) is 3.11. The van der Waals surface area contributed by atoms with Gasteiger partial charge in [0, 0.05) is 13.1 Å². The topological polar surface area (TPSA) is 32.3 Å². The first-order valence-electron chi connectivity index (χ1n) is 7.05. The van der Waals surface area contributed by atoms with Crippen LogP contribution in [0, 0.1) is 0 Å². The van der Waals surface area contributed by atoms with Gasteiger partial charge in [-0.3, -0.25) is 0 Å². The second kappa shape index (κ2) is 7.70. The molecule has 2 aromatic rings. The Balaban J connectivity index is 2.07. The maximum absolute atomic E-state index is 12.4. The number of nitrogens with zero attached hydrogens (tertiary/aromatic N) is 1. The van der Waals surface area contributed by atoms with Crippen molar-refractivity contribution in [1.82, 2.24) is 4.90 Å². The molecule has 0 aromatic heterocycles. The van der Waals surface area contributed by atoms with Crippen molar-refractivity contribution in [2.75, 3.05) is 11.9 Å². The number of carbonyl (C=O) groups excluding carboxylic acids is 1. The number of urea groups is 1. The third kappa shape index (κ3) is 4.50. The number of hydrogen-bond donors (Lipinski definition) is 1. The van der Waals surface area contributed by atoms with Gasteiger partial charge in [0.05, 0.1) is 10.7 Å². The van der Waals surface area contributed by atoms with E-state index in [4.69, 9.17) is 11.6 Å². The van der Waals surface area contributed by atoms with Crippen LogP contribution in [-0.2, 0) is 6.54 Å². The zero-order valence-corrected chi connectivity index (χ0v) is 12.8. The maximum atomic E-state index is 12.4. The normalized spacial score (nSPS) is 10.2. The highest BCUT2D eigenvalue weighted by Crippen LogP contribution is 2.21. The molecular formula is C17H19ClN2O. The summed E-state index contributed by atoms with van der Waals surface area (Å²) in [6.45, 7) is 3.34. The monoisotopic (exact) mass is 302 g/mol. The summed E-state index contributed by atoms with van der Waals surface area (Å²) >= 11 is 6.08. The zero-order valence-electron chi connectivity index (χ0n) is 12.1. The molecule has 2 amide bonds. The maximum Gasteiger partial charge on any atom is 0.322 e. The van der Waals surface area contributed by atoms with E-state index >= 15 is 0 Å². The second-order valence-electron chi connectivity index (χ2n) is 4.82. The van der Waals surface area contributed by atoms with E-state index in [-0.39, 0.29) is 6.03 Å². The Labute approximate surface area is 130 Å². The Hall–Kier alpha value is -2.00. The molecule has 3 nitrogen and oxygen atoms in total. The lowest BCUT2D eigenvalue weighted by atomic mass is 10.2. The standard InChI is InChI=1S/C17H19ClN2O/c1-2-12-20(13-14-8-4-3-5-9-14)17(21)19-16-11-7-6-10-15(16)18/h3-11H,2,12-13H2,1H3,(H,19,21). The highest BCUT2D eigenvalue weighted by Gasteiger charge is 2.14. The lowest BCUT2D eigenvalue weighted by Gasteiger charge is -2.23. The van der Waals surface area contributed by atoms with E-state index in [1.165, 1.54) is 0 Å². The molecule has 0 spiro atoms. The molecule has 0 aliphatic carbocycles. The van der Waals surface area contributed by atoms with Crippen molar-refractivity contribution in [2.45, 2.75) is 19.9 Å². The van der Waals surface area contributed by atoms with E-state index < -0.39 is 0 Å². The Morgan fingerprint density at radius 2 is 1.76 bits per heavy atom. The van der Waals surface area contributed by atoms with E-state index in [0.717, 1.165) is 12.0 Å². The number of anilines is 1. The predicted octanol–water partition coefficient (Wildman–Crippen LogP) is 4.78. The van der Waals surface area contributed by atoms with Crippen LogP contribution in [-0.4, -0.2) is 17.5 Å². The average Bonchev–Trinajstić information content (AvgIpc) is 2.50. The molecule has 21 heavy (non-hydrogen) atoms. The number of halogens is 1. The molecule has 0 aliphatic heterocycles. The fourth-order valence-corrected chi connectivity index (χ4v) is 2.27. The molecule has 0 radical (unpaired) electrons. The van der Waals surface area contributed by atoms with Crippen LogP contribution in [0.15, 0.2) is 54.6 Å². The summed E-state index contributed by atoms with van der Waals surface area (Å²) < 4.78 is 0. The molecule has 0 saturated carbocycles. The highest BCUT2D eigenvalue weighted by molar-refractivity contribution is 6.33. The minimum absolute atomic E-state index is 0.131. The molecule has 4 heteroatoms. The van der Waals surface area contributed by atoms with Crippen LogP contribution >= 0.6 is 11.6 Å². The van der Waals surface area contributed by atoms with Gasteiger partial charge >= 0.3 is 6.03 Å². The van der Waals surface area contributed by atoms with Gasteiger partial charge in [0.1, 0.15) is 0 Å². The molecule has 110 valence electrons. The summed E-state index contributed by atoms with van der Waals surface area (Å²) in [5, 5.41) is 3.41. The molecule has 2 rings (SSSR count). The Kier molecular flexibility index (Phi) is 5.64. The van der Waals surface area contributed by atoms with Crippen molar-refractivity contribution in [3.8, 4) is 0 Å². The number of hydrogen-bond acceptors (Lipinski definition) is 1. The number of rotatable bonds is 5. The van der Waals surface area contributed by atoms with Crippen LogP contribution < -0.4 is 5.32 Å². The van der Waals surface area contributed by atoms with Crippen LogP contribution in [0.25, 0.3) is 0 Å². The van der Waals surface area contributed by atoms with Gasteiger partial charge in [-0.25, -0.2) is 4.79 Å². The first kappa shape index (κ1) is 15.4. The van der Waals surface area contributed by atoms with E-state index in [2.05, 4.69) is 12.2 Å². The summed E-state index contributed by atoms with van der Waals surface area (Å²) in [6.07, 6.45) is 0.906. The first-order valence-corrected chi connectivity index (χ1v) is 7.43. The van der Waals surface area contributed by atoms with E-state index in [9.17, 15) is 4.79 Å². The second-order valence-corrected chi connectivity index (χ2v) is 5.22. The van der Waals surface area contributed by atoms with Gasteiger partial charge in [0.15, 0.2) is 0 Å². The summed E-state index contributed by atoms with van der Waals surface area (Å²) in [6, 6.07) is 17.1.